The Morgan fingerprint density at radius 2 is 1.71 bits per heavy atom. The summed E-state index contributed by atoms with van der Waals surface area (Å²) >= 11 is 1.34. The Labute approximate surface area is 203 Å². The third-order valence-corrected chi connectivity index (χ3v) is 6.90. The molecule has 1 aromatic heterocycles. The fourth-order valence-electron chi connectivity index (χ4n) is 4.07. The highest BCUT2D eigenvalue weighted by Gasteiger charge is 2.25. The van der Waals surface area contributed by atoms with Gasteiger partial charge in [-0.05, 0) is 63.0 Å². The van der Waals surface area contributed by atoms with Crippen LogP contribution < -0.4 is 10.6 Å². The first-order valence-corrected chi connectivity index (χ1v) is 12.7. The lowest BCUT2D eigenvalue weighted by atomic mass is 10.1. The molecule has 1 saturated carbocycles. The number of anilines is 1. The molecule has 0 unspecified atom stereocenters. The van der Waals surface area contributed by atoms with Gasteiger partial charge >= 0.3 is 0 Å². The van der Waals surface area contributed by atoms with Crippen LogP contribution in [0.5, 0.6) is 0 Å². The van der Waals surface area contributed by atoms with Crippen molar-refractivity contribution >= 4 is 29.3 Å². The van der Waals surface area contributed by atoms with Crippen molar-refractivity contribution in [3.63, 3.8) is 0 Å². The van der Waals surface area contributed by atoms with Crippen LogP contribution in [0.4, 0.5) is 5.69 Å². The van der Waals surface area contributed by atoms with Crippen molar-refractivity contribution in [2.24, 2.45) is 0 Å². The Morgan fingerprint density at radius 1 is 0.971 bits per heavy atom. The van der Waals surface area contributed by atoms with E-state index >= 15 is 0 Å². The number of carbonyl (C=O) groups is 2. The van der Waals surface area contributed by atoms with Crippen LogP contribution in [0.15, 0.2) is 59.8 Å². The SMILES string of the molecule is O=C(CSc1nnc(CN2CCCC2)n1-c1ccccc1)Nc1ccccc1C(=O)NC1CC1. The Kier molecular flexibility index (Phi) is 6.92. The van der Waals surface area contributed by atoms with E-state index in [0.29, 0.717) is 16.4 Å². The van der Waals surface area contributed by atoms with Crippen molar-refractivity contribution in [1.29, 1.82) is 0 Å². The van der Waals surface area contributed by atoms with Gasteiger partial charge in [-0.1, -0.05) is 42.1 Å². The number of aromatic nitrogens is 3. The molecule has 1 saturated heterocycles. The van der Waals surface area contributed by atoms with E-state index in [0.717, 1.165) is 44.0 Å². The zero-order valence-electron chi connectivity index (χ0n) is 18.9. The maximum absolute atomic E-state index is 12.8. The Balaban J connectivity index is 1.28. The van der Waals surface area contributed by atoms with E-state index in [-0.39, 0.29) is 23.6 Å². The Bertz CT molecular complexity index is 1160. The first-order chi connectivity index (χ1) is 16.7. The van der Waals surface area contributed by atoms with E-state index < -0.39 is 0 Å². The molecule has 2 N–H and O–H groups in total. The smallest absolute Gasteiger partial charge is 0.253 e. The molecule has 0 atom stereocenters. The fourth-order valence-corrected chi connectivity index (χ4v) is 4.84. The van der Waals surface area contributed by atoms with Gasteiger partial charge in [-0.3, -0.25) is 19.1 Å². The standard InChI is InChI=1S/C25H28N6O2S/c32-23(27-21-11-5-4-10-20(21)24(33)26-18-12-13-18)17-34-25-29-28-22(16-30-14-6-7-15-30)31(25)19-8-2-1-3-9-19/h1-5,8-11,18H,6-7,12-17H2,(H,26,33)(H,27,32). The molecule has 8 nitrogen and oxygen atoms in total. The number of thioether (sulfide) groups is 1. The van der Waals surface area contributed by atoms with Gasteiger partial charge in [0.15, 0.2) is 11.0 Å². The zero-order chi connectivity index (χ0) is 23.3. The summed E-state index contributed by atoms with van der Waals surface area (Å²) in [6, 6.07) is 17.4. The van der Waals surface area contributed by atoms with Gasteiger partial charge in [-0.2, -0.15) is 0 Å². The summed E-state index contributed by atoms with van der Waals surface area (Å²) in [5.41, 5.74) is 1.98. The normalized spacial score (nSPS) is 15.9. The fraction of sp³-hybridized carbons (Fsp3) is 0.360. The van der Waals surface area contributed by atoms with Crippen molar-refractivity contribution in [3.05, 3.63) is 66.0 Å². The topological polar surface area (TPSA) is 92.2 Å². The van der Waals surface area contributed by atoms with Crippen molar-refractivity contribution in [1.82, 2.24) is 25.0 Å². The van der Waals surface area contributed by atoms with Gasteiger partial charge in [-0.25, -0.2) is 0 Å². The van der Waals surface area contributed by atoms with Gasteiger partial charge in [0.05, 0.1) is 23.5 Å². The summed E-state index contributed by atoms with van der Waals surface area (Å²) < 4.78 is 2.04. The van der Waals surface area contributed by atoms with Crippen molar-refractivity contribution in [3.8, 4) is 5.69 Å². The highest BCUT2D eigenvalue weighted by Crippen LogP contribution is 2.25. The molecule has 0 spiro atoms. The van der Waals surface area contributed by atoms with Crippen LogP contribution in [0.25, 0.3) is 5.69 Å². The predicted octanol–water partition coefficient (Wildman–Crippen LogP) is 3.49. The largest absolute Gasteiger partial charge is 0.349 e. The number of nitrogens with zero attached hydrogens (tertiary/aromatic N) is 4. The summed E-state index contributed by atoms with van der Waals surface area (Å²) in [5.74, 6) is 0.688. The zero-order valence-corrected chi connectivity index (χ0v) is 19.8. The minimum Gasteiger partial charge on any atom is -0.349 e. The van der Waals surface area contributed by atoms with E-state index in [1.807, 2.05) is 41.0 Å². The molecule has 2 amide bonds. The molecule has 5 rings (SSSR count). The third kappa shape index (κ3) is 5.48. The van der Waals surface area contributed by atoms with Gasteiger partial charge < -0.3 is 10.6 Å². The van der Waals surface area contributed by atoms with Gasteiger partial charge in [-0.15, -0.1) is 10.2 Å². The number of likely N-dealkylation sites (tertiary alicyclic amines) is 1. The minimum atomic E-state index is -0.194. The van der Waals surface area contributed by atoms with E-state index in [9.17, 15) is 9.59 Å². The second kappa shape index (κ2) is 10.4. The molecule has 2 aliphatic rings. The molecule has 176 valence electrons. The molecule has 3 aromatic rings. The summed E-state index contributed by atoms with van der Waals surface area (Å²) in [6.07, 6.45) is 4.44. The first kappa shape index (κ1) is 22.6. The average molecular weight is 477 g/mol. The van der Waals surface area contributed by atoms with Crippen LogP contribution in [-0.4, -0.2) is 56.4 Å². The molecule has 1 aliphatic heterocycles. The van der Waals surface area contributed by atoms with E-state index in [1.54, 1.807) is 18.2 Å². The van der Waals surface area contributed by atoms with Gasteiger partial charge in [0.25, 0.3) is 5.91 Å². The molecular formula is C25H28N6O2S. The lowest BCUT2D eigenvalue weighted by Crippen LogP contribution is -2.27. The predicted molar refractivity (Wildman–Crippen MR) is 132 cm³/mol. The lowest BCUT2D eigenvalue weighted by Gasteiger charge is -2.16. The molecular weight excluding hydrogens is 448 g/mol. The molecule has 9 heteroatoms. The highest BCUT2D eigenvalue weighted by atomic mass is 32.2. The number of benzene rings is 2. The van der Waals surface area contributed by atoms with E-state index in [4.69, 9.17) is 0 Å². The maximum atomic E-state index is 12.8. The quantitative estimate of drug-likeness (QED) is 0.460. The molecule has 2 fully saturated rings. The molecule has 1 aliphatic carbocycles. The first-order valence-electron chi connectivity index (χ1n) is 11.7. The maximum Gasteiger partial charge on any atom is 0.253 e. The van der Waals surface area contributed by atoms with Crippen molar-refractivity contribution in [2.75, 3.05) is 24.2 Å². The van der Waals surface area contributed by atoms with Gasteiger partial charge in [0.2, 0.25) is 5.91 Å². The van der Waals surface area contributed by atoms with Crippen molar-refractivity contribution in [2.45, 2.75) is 43.4 Å². The van der Waals surface area contributed by atoms with Gasteiger partial charge in [0.1, 0.15) is 0 Å². The van der Waals surface area contributed by atoms with E-state index in [1.165, 1.54) is 24.6 Å². The molecule has 2 heterocycles. The summed E-state index contributed by atoms with van der Waals surface area (Å²) in [7, 11) is 0. The van der Waals surface area contributed by atoms with Crippen LogP contribution in [0.3, 0.4) is 0 Å². The van der Waals surface area contributed by atoms with Crippen LogP contribution in [0.2, 0.25) is 0 Å². The van der Waals surface area contributed by atoms with Crippen LogP contribution in [-0.2, 0) is 11.3 Å². The Morgan fingerprint density at radius 3 is 2.47 bits per heavy atom. The second-order valence-electron chi connectivity index (χ2n) is 8.68. The monoisotopic (exact) mass is 476 g/mol. The van der Waals surface area contributed by atoms with Crippen LogP contribution in [0, 0.1) is 0 Å². The number of para-hydroxylation sites is 2. The van der Waals surface area contributed by atoms with Gasteiger partial charge in [0, 0.05) is 11.7 Å². The minimum absolute atomic E-state index is 0.151. The Hall–Kier alpha value is -3.17. The highest BCUT2D eigenvalue weighted by molar-refractivity contribution is 7.99. The third-order valence-electron chi connectivity index (χ3n) is 5.97. The van der Waals surface area contributed by atoms with Crippen molar-refractivity contribution < 1.29 is 9.59 Å². The number of carbonyl (C=O) groups excluding carboxylic acids is 2. The second-order valence-corrected chi connectivity index (χ2v) is 9.63. The number of nitrogens with one attached hydrogen (secondary N) is 2. The summed E-state index contributed by atoms with van der Waals surface area (Å²) in [6.45, 7) is 2.87. The molecule has 0 bridgehead atoms. The molecule has 34 heavy (non-hydrogen) atoms. The summed E-state index contributed by atoms with van der Waals surface area (Å²) in [4.78, 5) is 27.7. The number of hydrogen-bond donors (Lipinski definition) is 2. The lowest BCUT2D eigenvalue weighted by molar-refractivity contribution is -0.113. The molecule has 2 aromatic carbocycles. The van der Waals surface area contributed by atoms with E-state index in [2.05, 4.69) is 25.7 Å². The number of hydrogen-bond acceptors (Lipinski definition) is 6. The molecule has 0 radical (unpaired) electrons. The van der Waals surface area contributed by atoms with Crippen LogP contribution in [0.1, 0.15) is 41.9 Å². The number of rotatable bonds is 9. The number of amides is 2. The van der Waals surface area contributed by atoms with Crippen LogP contribution >= 0.6 is 11.8 Å². The average Bonchev–Trinajstić information content (AvgIpc) is 3.35. The summed E-state index contributed by atoms with van der Waals surface area (Å²) in [5, 5.41) is 15.4.